The molecule has 0 aliphatic carbocycles. The fraction of sp³-hybridized carbons (Fsp3) is 0.167. The number of esters is 1. The zero-order chi connectivity index (χ0) is 18.9. The fourth-order valence-electron chi connectivity index (χ4n) is 1.96. The van der Waals surface area contributed by atoms with Crippen molar-refractivity contribution in [3.8, 4) is 11.5 Å². The van der Waals surface area contributed by atoms with E-state index in [9.17, 15) is 4.79 Å². The Balaban J connectivity index is 2.08. The number of nitrogens with one attached hydrogen (secondary N) is 2. The van der Waals surface area contributed by atoms with Gasteiger partial charge < -0.3 is 14.8 Å². The second-order valence-electron chi connectivity index (χ2n) is 5.04. The van der Waals surface area contributed by atoms with Gasteiger partial charge in [0.25, 0.3) is 0 Å². The van der Waals surface area contributed by atoms with Crippen molar-refractivity contribution < 1.29 is 14.3 Å². The standard InChI is InChI=1S/C18H18ClN3O3S/c1-3-20-18(26)22-21-11-12-4-9-15(16(10-12)24-2)25-17(23)13-5-7-14(19)8-6-13/h4-11H,3H2,1-2H3,(H2,20,22,26)/b21-11+. The third-order valence-electron chi connectivity index (χ3n) is 3.19. The number of hydrogen-bond acceptors (Lipinski definition) is 5. The molecule has 0 fully saturated rings. The molecular formula is C18H18ClN3O3S. The minimum absolute atomic E-state index is 0.306. The molecule has 0 atom stereocenters. The lowest BCUT2D eigenvalue weighted by molar-refractivity contribution is 0.0729. The number of hydrazone groups is 1. The summed E-state index contributed by atoms with van der Waals surface area (Å²) in [5.41, 5.74) is 3.84. The van der Waals surface area contributed by atoms with E-state index < -0.39 is 5.97 Å². The number of thiocarbonyl (C=S) groups is 1. The van der Waals surface area contributed by atoms with Crippen LogP contribution in [0.1, 0.15) is 22.8 Å². The van der Waals surface area contributed by atoms with Crippen molar-refractivity contribution in [1.82, 2.24) is 10.7 Å². The summed E-state index contributed by atoms with van der Waals surface area (Å²) in [4.78, 5) is 12.2. The molecule has 0 saturated carbocycles. The van der Waals surface area contributed by atoms with E-state index in [2.05, 4.69) is 15.8 Å². The Morgan fingerprint density at radius 3 is 2.62 bits per heavy atom. The quantitative estimate of drug-likeness (QED) is 0.258. The number of hydrogen-bond donors (Lipinski definition) is 2. The molecule has 0 amide bonds. The molecule has 0 bridgehead atoms. The monoisotopic (exact) mass is 391 g/mol. The van der Waals surface area contributed by atoms with Crippen molar-refractivity contribution in [1.29, 1.82) is 0 Å². The lowest BCUT2D eigenvalue weighted by Crippen LogP contribution is -2.31. The summed E-state index contributed by atoms with van der Waals surface area (Å²) < 4.78 is 10.7. The van der Waals surface area contributed by atoms with E-state index in [4.69, 9.17) is 33.3 Å². The van der Waals surface area contributed by atoms with Gasteiger partial charge in [-0.05, 0) is 67.2 Å². The summed E-state index contributed by atoms with van der Waals surface area (Å²) in [6.07, 6.45) is 1.58. The molecule has 2 aromatic carbocycles. The van der Waals surface area contributed by atoms with E-state index in [0.29, 0.717) is 33.7 Å². The Morgan fingerprint density at radius 1 is 1.23 bits per heavy atom. The predicted molar refractivity (Wildman–Crippen MR) is 106 cm³/mol. The lowest BCUT2D eigenvalue weighted by Gasteiger charge is -2.10. The summed E-state index contributed by atoms with van der Waals surface area (Å²) in [5, 5.41) is 7.93. The van der Waals surface area contributed by atoms with Gasteiger partial charge in [0.2, 0.25) is 0 Å². The predicted octanol–water partition coefficient (Wildman–Crippen LogP) is 3.39. The molecule has 0 saturated heterocycles. The highest BCUT2D eigenvalue weighted by atomic mass is 35.5. The molecule has 0 unspecified atom stereocenters. The molecule has 0 heterocycles. The first-order valence-electron chi connectivity index (χ1n) is 7.76. The van der Waals surface area contributed by atoms with E-state index in [1.165, 1.54) is 7.11 Å². The largest absolute Gasteiger partial charge is 0.493 e. The van der Waals surface area contributed by atoms with Crippen LogP contribution in [0.15, 0.2) is 47.6 Å². The second-order valence-corrected chi connectivity index (χ2v) is 5.88. The maximum atomic E-state index is 12.2. The summed E-state index contributed by atoms with van der Waals surface area (Å²) in [7, 11) is 1.49. The van der Waals surface area contributed by atoms with Crippen LogP contribution in [0.25, 0.3) is 0 Å². The van der Waals surface area contributed by atoms with Crippen LogP contribution in [0.4, 0.5) is 0 Å². The molecule has 136 valence electrons. The molecule has 0 aliphatic heterocycles. The summed E-state index contributed by atoms with van der Waals surface area (Å²) >= 11 is 10.8. The van der Waals surface area contributed by atoms with E-state index in [0.717, 1.165) is 5.56 Å². The number of carbonyl (C=O) groups is 1. The molecule has 0 radical (unpaired) electrons. The number of methoxy groups -OCH3 is 1. The van der Waals surface area contributed by atoms with Crippen LogP contribution < -0.4 is 20.2 Å². The second kappa shape index (κ2) is 9.74. The molecule has 0 aliphatic rings. The summed E-state index contributed by atoms with van der Waals surface area (Å²) in [5.74, 6) is 0.213. The first-order valence-corrected chi connectivity index (χ1v) is 8.54. The van der Waals surface area contributed by atoms with E-state index in [1.807, 2.05) is 6.92 Å². The Bertz CT molecular complexity index is 810. The van der Waals surface area contributed by atoms with Crippen LogP contribution in [0.2, 0.25) is 5.02 Å². The summed E-state index contributed by atoms with van der Waals surface area (Å²) in [6.45, 7) is 2.65. The molecule has 6 nitrogen and oxygen atoms in total. The van der Waals surface area contributed by atoms with Crippen molar-refractivity contribution >= 4 is 41.1 Å². The SMILES string of the molecule is CCNC(=S)N/N=C/c1ccc(OC(=O)c2ccc(Cl)cc2)c(OC)c1. The molecule has 0 aromatic heterocycles. The zero-order valence-electron chi connectivity index (χ0n) is 14.3. The first kappa shape index (κ1) is 19.7. The number of nitrogens with zero attached hydrogens (tertiary/aromatic N) is 1. The number of rotatable bonds is 6. The Hall–Kier alpha value is -2.64. The summed E-state index contributed by atoms with van der Waals surface area (Å²) in [6, 6.07) is 11.5. The van der Waals surface area contributed by atoms with Crippen LogP contribution >= 0.6 is 23.8 Å². The van der Waals surface area contributed by atoms with E-state index in [1.54, 1.807) is 48.7 Å². The number of halogens is 1. The zero-order valence-corrected chi connectivity index (χ0v) is 15.9. The van der Waals surface area contributed by atoms with Crippen molar-refractivity contribution in [2.24, 2.45) is 5.10 Å². The normalized spacial score (nSPS) is 10.4. The first-order chi connectivity index (χ1) is 12.5. The van der Waals surface area contributed by atoms with Crippen LogP contribution in [0.3, 0.4) is 0 Å². The molecule has 2 aromatic rings. The minimum Gasteiger partial charge on any atom is -0.493 e. The third-order valence-corrected chi connectivity index (χ3v) is 3.67. The molecular weight excluding hydrogens is 374 g/mol. The Morgan fingerprint density at radius 2 is 1.96 bits per heavy atom. The average Bonchev–Trinajstić information content (AvgIpc) is 2.63. The maximum Gasteiger partial charge on any atom is 0.343 e. The highest BCUT2D eigenvalue weighted by Crippen LogP contribution is 2.28. The highest BCUT2D eigenvalue weighted by Gasteiger charge is 2.12. The van der Waals surface area contributed by atoms with Gasteiger partial charge in [0.15, 0.2) is 16.6 Å². The van der Waals surface area contributed by atoms with Gasteiger partial charge in [-0.2, -0.15) is 5.10 Å². The van der Waals surface area contributed by atoms with Gasteiger partial charge in [-0.25, -0.2) is 4.79 Å². The smallest absolute Gasteiger partial charge is 0.343 e. The van der Waals surface area contributed by atoms with E-state index >= 15 is 0 Å². The van der Waals surface area contributed by atoms with Gasteiger partial charge in [-0.15, -0.1) is 0 Å². The maximum absolute atomic E-state index is 12.2. The van der Waals surface area contributed by atoms with Crippen molar-refractivity contribution in [3.05, 3.63) is 58.6 Å². The van der Waals surface area contributed by atoms with Crippen LogP contribution in [-0.4, -0.2) is 31.0 Å². The average molecular weight is 392 g/mol. The molecule has 8 heteroatoms. The van der Waals surface area contributed by atoms with Crippen LogP contribution in [0, 0.1) is 0 Å². The number of ether oxygens (including phenoxy) is 2. The molecule has 0 spiro atoms. The van der Waals surface area contributed by atoms with Gasteiger partial charge in [-0.3, -0.25) is 5.43 Å². The molecule has 2 rings (SSSR count). The topological polar surface area (TPSA) is 72.0 Å². The Labute approximate surface area is 162 Å². The van der Waals surface area contributed by atoms with Crippen molar-refractivity contribution in [3.63, 3.8) is 0 Å². The van der Waals surface area contributed by atoms with Crippen molar-refractivity contribution in [2.45, 2.75) is 6.92 Å². The minimum atomic E-state index is -0.501. The van der Waals surface area contributed by atoms with Crippen molar-refractivity contribution in [2.75, 3.05) is 13.7 Å². The van der Waals surface area contributed by atoms with Gasteiger partial charge in [0, 0.05) is 11.6 Å². The third kappa shape index (κ3) is 5.72. The van der Waals surface area contributed by atoms with Gasteiger partial charge in [-0.1, -0.05) is 11.6 Å². The van der Waals surface area contributed by atoms with Gasteiger partial charge in [0.05, 0.1) is 18.9 Å². The number of benzene rings is 2. The van der Waals surface area contributed by atoms with Crippen LogP contribution in [-0.2, 0) is 0 Å². The fourth-order valence-corrected chi connectivity index (χ4v) is 2.28. The van der Waals surface area contributed by atoms with Gasteiger partial charge in [0.1, 0.15) is 0 Å². The van der Waals surface area contributed by atoms with Crippen LogP contribution in [0.5, 0.6) is 11.5 Å². The molecule has 26 heavy (non-hydrogen) atoms. The molecule has 2 N–H and O–H groups in total. The lowest BCUT2D eigenvalue weighted by atomic mass is 10.2. The Kier molecular flexibility index (Phi) is 7.37. The number of carbonyl (C=O) groups excluding carboxylic acids is 1. The van der Waals surface area contributed by atoms with Gasteiger partial charge >= 0.3 is 5.97 Å². The van der Waals surface area contributed by atoms with E-state index in [-0.39, 0.29) is 0 Å². The highest BCUT2D eigenvalue weighted by molar-refractivity contribution is 7.80.